The summed E-state index contributed by atoms with van der Waals surface area (Å²) < 4.78 is 29.8. The van der Waals surface area contributed by atoms with Crippen molar-refractivity contribution >= 4 is 17.6 Å². The van der Waals surface area contributed by atoms with Gasteiger partial charge in [-0.1, -0.05) is 18.2 Å². The van der Waals surface area contributed by atoms with E-state index in [9.17, 15) is 18.4 Å². The standard InChI is InChI=1S/C27H24F2N6O2/c1-34-14-19(13-32-34)18-11-21(25(30)31-12-18)26(36)33-20-9-10-35(15-20)27(37)17-7-5-16(6-8-17)24-22(28)3-2-4-23(24)29/h2-8,11-14,20H,9-10,15H2,1H3,(H2,30,31)(H,33,36)/t20-/m1/s1. The van der Waals surface area contributed by atoms with Gasteiger partial charge in [0.1, 0.15) is 17.5 Å². The van der Waals surface area contributed by atoms with E-state index in [-0.39, 0.29) is 34.8 Å². The molecule has 1 atom stereocenters. The number of nitrogens with two attached hydrogens (primary N) is 1. The van der Waals surface area contributed by atoms with Crippen LogP contribution < -0.4 is 11.1 Å². The average molecular weight is 503 g/mol. The molecular weight excluding hydrogens is 478 g/mol. The number of hydrogen-bond donors (Lipinski definition) is 2. The molecule has 0 spiro atoms. The van der Waals surface area contributed by atoms with Gasteiger partial charge in [-0.2, -0.15) is 5.10 Å². The maximum Gasteiger partial charge on any atom is 0.255 e. The second-order valence-electron chi connectivity index (χ2n) is 8.94. The number of aryl methyl sites for hydroxylation is 1. The Kier molecular flexibility index (Phi) is 6.39. The van der Waals surface area contributed by atoms with Crippen LogP contribution in [0.1, 0.15) is 27.1 Å². The second-order valence-corrected chi connectivity index (χ2v) is 8.94. The first-order valence-electron chi connectivity index (χ1n) is 11.7. The fraction of sp³-hybridized carbons (Fsp3) is 0.185. The van der Waals surface area contributed by atoms with Crippen molar-refractivity contribution in [2.45, 2.75) is 12.5 Å². The zero-order valence-corrected chi connectivity index (χ0v) is 20.0. The van der Waals surface area contributed by atoms with E-state index in [0.29, 0.717) is 30.6 Å². The van der Waals surface area contributed by atoms with Gasteiger partial charge in [-0.05, 0) is 42.3 Å². The van der Waals surface area contributed by atoms with E-state index < -0.39 is 11.6 Å². The number of benzene rings is 2. The van der Waals surface area contributed by atoms with Gasteiger partial charge in [0.15, 0.2) is 0 Å². The number of nitrogen functional groups attached to an aromatic ring is 1. The number of carbonyl (C=O) groups excluding carboxylic acids is 2. The van der Waals surface area contributed by atoms with E-state index in [0.717, 1.165) is 11.1 Å². The van der Waals surface area contributed by atoms with Crippen LogP contribution >= 0.6 is 0 Å². The molecule has 3 heterocycles. The molecular formula is C27H24F2N6O2. The SMILES string of the molecule is Cn1cc(-c2cnc(N)c(C(=O)N[C@@H]3CCN(C(=O)c4ccc(-c5c(F)cccc5F)cc4)C3)c2)cn1. The highest BCUT2D eigenvalue weighted by atomic mass is 19.1. The van der Waals surface area contributed by atoms with E-state index in [1.807, 2.05) is 6.20 Å². The van der Waals surface area contributed by atoms with Crippen molar-refractivity contribution in [2.24, 2.45) is 7.05 Å². The first kappa shape index (κ1) is 24.1. The predicted molar refractivity (Wildman–Crippen MR) is 134 cm³/mol. The summed E-state index contributed by atoms with van der Waals surface area (Å²) in [7, 11) is 1.80. The quantitative estimate of drug-likeness (QED) is 0.433. The number of likely N-dealkylation sites (tertiary alicyclic amines) is 1. The van der Waals surface area contributed by atoms with Crippen LogP contribution in [0.15, 0.2) is 67.1 Å². The van der Waals surface area contributed by atoms with Gasteiger partial charge in [-0.3, -0.25) is 14.3 Å². The lowest BCUT2D eigenvalue weighted by molar-refractivity contribution is 0.0783. The minimum atomic E-state index is -0.668. The highest BCUT2D eigenvalue weighted by Gasteiger charge is 2.29. The van der Waals surface area contributed by atoms with E-state index >= 15 is 0 Å². The van der Waals surface area contributed by atoms with Gasteiger partial charge < -0.3 is 16.0 Å². The minimum Gasteiger partial charge on any atom is -0.383 e. The molecule has 1 saturated heterocycles. The largest absolute Gasteiger partial charge is 0.383 e. The van der Waals surface area contributed by atoms with E-state index in [2.05, 4.69) is 15.4 Å². The number of amides is 2. The molecule has 1 aliphatic rings. The molecule has 37 heavy (non-hydrogen) atoms. The fourth-order valence-corrected chi connectivity index (χ4v) is 4.45. The maximum atomic E-state index is 14.1. The molecule has 0 radical (unpaired) electrons. The van der Waals surface area contributed by atoms with E-state index in [4.69, 9.17) is 5.73 Å². The number of aromatic nitrogens is 3. The normalized spacial score (nSPS) is 15.1. The molecule has 8 nitrogen and oxygen atoms in total. The molecule has 10 heteroatoms. The van der Waals surface area contributed by atoms with E-state index in [1.54, 1.807) is 47.2 Å². The number of nitrogens with zero attached hydrogens (tertiary/aromatic N) is 4. The summed E-state index contributed by atoms with van der Waals surface area (Å²) in [5.74, 6) is -1.82. The molecule has 188 valence electrons. The lowest BCUT2D eigenvalue weighted by atomic mass is 10.0. The summed E-state index contributed by atoms with van der Waals surface area (Å²) in [6.07, 6.45) is 5.65. The summed E-state index contributed by atoms with van der Waals surface area (Å²) in [5.41, 5.74) is 8.35. The maximum absolute atomic E-state index is 14.1. The number of carbonyl (C=O) groups is 2. The molecule has 2 aromatic carbocycles. The van der Waals surface area contributed by atoms with E-state index in [1.165, 1.54) is 30.3 Å². The van der Waals surface area contributed by atoms with Crippen LogP contribution in [-0.4, -0.2) is 50.6 Å². The topological polar surface area (TPSA) is 106 Å². The lowest BCUT2D eigenvalue weighted by Gasteiger charge is -2.18. The summed E-state index contributed by atoms with van der Waals surface area (Å²) in [6.45, 7) is 0.779. The third kappa shape index (κ3) is 4.90. The average Bonchev–Trinajstić information content (AvgIpc) is 3.53. The second kappa shape index (κ2) is 9.81. The molecule has 2 amide bonds. The minimum absolute atomic E-state index is 0.113. The highest BCUT2D eigenvalue weighted by Crippen LogP contribution is 2.27. The Hall–Kier alpha value is -4.60. The number of pyridine rings is 1. The molecule has 0 saturated carbocycles. The van der Waals surface area contributed by atoms with Crippen molar-refractivity contribution in [3.8, 4) is 22.3 Å². The molecule has 1 fully saturated rings. The van der Waals surface area contributed by atoms with Crippen molar-refractivity contribution < 1.29 is 18.4 Å². The summed E-state index contributed by atoms with van der Waals surface area (Å²) >= 11 is 0. The fourth-order valence-electron chi connectivity index (χ4n) is 4.45. The van der Waals surface area contributed by atoms with Gasteiger partial charge in [0, 0.05) is 55.3 Å². The van der Waals surface area contributed by atoms with Crippen LogP contribution in [-0.2, 0) is 7.05 Å². The van der Waals surface area contributed by atoms with Crippen molar-refractivity contribution in [3.63, 3.8) is 0 Å². The van der Waals surface area contributed by atoms with Crippen molar-refractivity contribution in [1.82, 2.24) is 25.0 Å². The van der Waals surface area contributed by atoms with Crippen LogP contribution in [0.5, 0.6) is 0 Å². The molecule has 5 rings (SSSR count). The summed E-state index contributed by atoms with van der Waals surface area (Å²) in [4.78, 5) is 31.8. The van der Waals surface area contributed by atoms with Crippen LogP contribution in [0.2, 0.25) is 0 Å². The molecule has 4 aromatic rings. The first-order chi connectivity index (χ1) is 17.8. The molecule has 0 bridgehead atoms. The van der Waals surface area contributed by atoms with Crippen LogP contribution in [0.4, 0.5) is 14.6 Å². The highest BCUT2D eigenvalue weighted by molar-refractivity contribution is 6.00. The molecule has 2 aromatic heterocycles. The number of halogens is 2. The smallest absolute Gasteiger partial charge is 0.255 e. The Balaban J connectivity index is 1.24. The monoisotopic (exact) mass is 502 g/mol. The zero-order valence-electron chi connectivity index (χ0n) is 20.0. The first-order valence-corrected chi connectivity index (χ1v) is 11.7. The van der Waals surface area contributed by atoms with Gasteiger partial charge >= 0.3 is 0 Å². The van der Waals surface area contributed by atoms with Gasteiger partial charge in [-0.15, -0.1) is 0 Å². The van der Waals surface area contributed by atoms with Crippen LogP contribution in [0, 0.1) is 11.6 Å². The third-order valence-electron chi connectivity index (χ3n) is 6.40. The summed E-state index contributed by atoms with van der Waals surface area (Å²) in [6, 6.07) is 11.2. The number of hydrogen-bond acceptors (Lipinski definition) is 5. The Morgan fingerprint density at radius 1 is 1.03 bits per heavy atom. The van der Waals surface area contributed by atoms with Crippen molar-refractivity contribution in [3.05, 3.63) is 89.9 Å². The van der Waals surface area contributed by atoms with Crippen molar-refractivity contribution in [1.29, 1.82) is 0 Å². The Bertz CT molecular complexity index is 1460. The predicted octanol–water partition coefficient (Wildman–Crippen LogP) is 3.65. The Morgan fingerprint density at radius 3 is 2.43 bits per heavy atom. The number of rotatable bonds is 5. The van der Waals surface area contributed by atoms with Gasteiger partial charge in [0.25, 0.3) is 11.8 Å². The number of nitrogens with one attached hydrogen (secondary N) is 1. The molecule has 3 N–H and O–H groups in total. The molecule has 0 unspecified atom stereocenters. The zero-order chi connectivity index (χ0) is 26.1. The lowest BCUT2D eigenvalue weighted by Crippen LogP contribution is -2.38. The van der Waals surface area contributed by atoms with Gasteiger partial charge in [0.05, 0.1) is 17.3 Å². The summed E-state index contributed by atoms with van der Waals surface area (Å²) in [5, 5.41) is 7.08. The van der Waals surface area contributed by atoms with Crippen LogP contribution in [0.3, 0.4) is 0 Å². The van der Waals surface area contributed by atoms with Gasteiger partial charge in [-0.25, -0.2) is 13.8 Å². The molecule has 0 aliphatic carbocycles. The Morgan fingerprint density at radius 2 is 1.76 bits per heavy atom. The van der Waals surface area contributed by atoms with Crippen LogP contribution in [0.25, 0.3) is 22.3 Å². The Labute approximate surface area is 211 Å². The number of anilines is 1. The molecule has 1 aliphatic heterocycles. The third-order valence-corrected chi connectivity index (χ3v) is 6.40. The van der Waals surface area contributed by atoms with Crippen molar-refractivity contribution in [2.75, 3.05) is 18.8 Å². The van der Waals surface area contributed by atoms with Gasteiger partial charge in [0.2, 0.25) is 0 Å².